The molecule has 6 fully saturated rings. The maximum Gasteiger partial charge on any atom is 1.00 e. The van der Waals surface area contributed by atoms with Crippen LogP contribution in [0.3, 0.4) is 0 Å². The fourth-order valence-corrected chi connectivity index (χ4v) is 1.38. The minimum atomic E-state index is -2.27. The molecule has 6 aliphatic rings. The predicted molar refractivity (Wildman–Crippen MR) is 73.6 cm³/mol. The van der Waals surface area contributed by atoms with Crippen molar-refractivity contribution in [3.63, 3.8) is 0 Å². The molecular formula is H20B5KO18. The molecule has 6 aliphatic heterocycles. The number of rotatable bonds is 0. The minimum Gasteiger partial charge on any atom is -0.540 e. The van der Waals surface area contributed by atoms with Crippen LogP contribution in [0.5, 0.6) is 0 Å². The van der Waals surface area contributed by atoms with E-state index in [1.807, 2.05) is 0 Å². The van der Waals surface area contributed by atoms with Crippen LogP contribution >= 0.6 is 0 Å². The Labute approximate surface area is 177 Å². The average Bonchev–Trinajstić information content (AvgIpc) is 1.99. The third-order valence-electron chi connectivity index (χ3n) is 2.00. The van der Waals surface area contributed by atoms with Gasteiger partial charge in [-0.2, -0.15) is 0 Å². The van der Waals surface area contributed by atoms with E-state index < -0.39 is 36.2 Å². The first-order valence-corrected chi connectivity index (χ1v) is 3.77. The summed E-state index contributed by atoms with van der Waals surface area (Å²) in [5.74, 6) is 0. The smallest absolute Gasteiger partial charge is 0.540 e. The molecule has 6 heterocycles. The molecule has 6 saturated heterocycles. The monoisotopic (exact) mass is 402 g/mol. The van der Waals surface area contributed by atoms with E-state index in [-0.39, 0.29) is 106 Å². The van der Waals surface area contributed by atoms with Crippen LogP contribution in [0.1, 0.15) is 0 Å². The van der Waals surface area contributed by atoms with Crippen LogP contribution in [0.15, 0.2) is 0 Å². The second-order valence-corrected chi connectivity index (χ2v) is 2.82. The van der Waals surface area contributed by atoms with Crippen LogP contribution < -0.4 is 51.4 Å². The topological polar surface area (TPSA) is 389 Å². The Bertz CT molecular complexity index is 204. The Balaban J connectivity index is -0.0000000388. The molecule has 4 bridgehead atoms. The zero-order valence-corrected chi connectivity index (χ0v) is 15.3. The normalized spacial score (nSPS) is 18.0. The molecule has 0 atom stereocenters. The third-order valence-corrected chi connectivity index (χ3v) is 2.00. The summed E-state index contributed by atoms with van der Waals surface area (Å²) in [5.41, 5.74) is 0. The molecule has 18 nitrogen and oxygen atoms in total. The summed E-state index contributed by atoms with van der Waals surface area (Å²) in [6, 6.07) is 0. The Kier molecular flexibility index (Phi) is 36.7. The van der Waals surface area contributed by atoms with Gasteiger partial charge in [0.15, 0.2) is 0 Å². The molecule has 0 radical (unpaired) electrons. The largest absolute Gasteiger partial charge is 1.00 e. The van der Waals surface area contributed by atoms with Crippen molar-refractivity contribution in [2.75, 3.05) is 0 Å². The molecule has 0 amide bonds. The van der Waals surface area contributed by atoms with Crippen LogP contribution in [0.2, 0.25) is 0 Å². The van der Waals surface area contributed by atoms with Gasteiger partial charge in [0.05, 0.1) is 0 Å². The van der Waals surface area contributed by atoms with Gasteiger partial charge in [-0.15, -0.1) is 0 Å². The second-order valence-electron chi connectivity index (χ2n) is 2.82. The van der Waals surface area contributed by atoms with Crippen molar-refractivity contribution in [3.05, 3.63) is 0 Å². The molecule has 0 aliphatic carbocycles. The van der Waals surface area contributed by atoms with E-state index in [9.17, 15) is 0 Å². The van der Waals surface area contributed by atoms with Crippen molar-refractivity contribution in [1.82, 2.24) is 0 Å². The Morgan fingerprint density at radius 2 is 0.542 bits per heavy atom. The predicted octanol–water partition coefficient (Wildman–Crippen LogP) is -13.7. The van der Waals surface area contributed by atoms with Crippen LogP contribution in [-0.2, 0) is 36.6 Å². The van der Waals surface area contributed by atoms with E-state index >= 15 is 0 Å². The van der Waals surface area contributed by atoms with Crippen molar-refractivity contribution in [1.29, 1.82) is 0 Å². The van der Waals surface area contributed by atoms with Gasteiger partial charge in [0.1, 0.15) is 0 Å². The van der Waals surface area contributed by atoms with E-state index in [0.29, 0.717) is 0 Å². The summed E-state index contributed by atoms with van der Waals surface area (Å²) in [6.45, 7) is -2.27. The minimum absolute atomic E-state index is 0. The summed E-state index contributed by atoms with van der Waals surface area (Å²) in [6.07, 6.45) is 0. The van der Waals surface area contributed by atoms with Gasteiger partial charge in [0.25, 0.3) is 0 Å². The summed E-state index contributed by atoms with van der Waals surface area (Å²) in [5, 5.41) is 0. The Morgan fingerprint density at radius 3 is 0.708 bits per heavy atom. The van der Waals surface area contributed by atoms with Gasteiger partial charge >= 0.3 is 87.6 Å². The second kappa shape index (κ2) is 17.6. The van der Waals surface area contributed by atoms with Gasteiger partial charge in [-0.3, -0.25) is 0 Å². The first-order valence-electron chi connectivity index (χ1n) is 3.77. The first-order chi connectivity index (χ1) is 6.31. The SMILES string of the molecule is O.O.O.O.O.O.O.O.O.O.O1B2OB1O[B-]1(O2)OB2OB(O2)O1.[K+]. The molecule has 0 unspecified atom stereocenters. The van der Waals surface area contributed by atoms with Gasteiger partial charge in [-0.05, 0) is 0 Å². The summed E-state index contributed by atoms with van der Waals surface area (Å²) >= 11 is 0. The average molecular weight is 401 g/mol. The van der Waals surface area contributed by atoms with Gasteiger partial charge < -0.3 is 91.3 Å². The van der Waals surface area contributed by atoms with Crippen LogP contribution in [0.25, 0.3) is 0 Å². The zero-order valence-electron chi connectivity index (χ0n) is 12.2. The van der Waals surface area contributed by atoms with Crippen LogP contribution in [0.4, 0.5) is 0 Å². The van der Waals surface area contributed by atoms with Gasteiger partial charge in [-0.25, -0.2) is 0 Å². The van der Waals surface area contributed by atoms with E-state index in [2.05, 4.69) is 0 Å². The van der Waals surface area contributed by atoms with Crippen molar-refractivity contribution in [2.24, 2.45) is 0 Å². The number of hydrogen-bond donors (Lipinski definition) is 0. The van der Waals surface area contributed by atoms with Crippen molar-refractivity contribution >= 4 is 36.2 Å². The molecular weight excluding hydrogens is 381 g/mol. The molecule has 144 valence electrons. The quantitative estimate of drug-likeness (QED) is 0.349. The first kappa shape index (κ1) is 49.9. The van der Waals surface area contributed by atoms with Crippen molar-refractivity contribution < 1.29 is 143 Å². The summed E-state index contributed by atoms with van der Waals surface area (Å²) < 4.78 is 39.7. The fourth-order valence-electron chi connectivity index (χ4n) is 1.38. The van der Waals surface area contributed by atoms with Gasteiger partial charge in [0, 0.05) is 0 Å². The van der Waals surface area contributed by atoms with Crippen LogP contribution in [0, 0.1) is 0 Å². The van der Waals surface area contributed by atoms with Gasteiger partial charge in [0.2, 0.25) is 0 Å². The van der Waals surface area contributed by atoms with Crippen molar-refractivity contribution in [3.8, 4) is 0 Å². The third kappa shape index (κ3) is 8.29. The Morgan fingerprint density at radius 1 is 0.375 bits per heavy atom. The molecule has 0 aromatic rings. The fraction of sp³-hybridized carbons (Fsp3) is 0. The summed E-state index contributed by atoms with van der Waals surface area (Å²) in [4.78, 5) is 0. The molecule has 24 heavy (non-hydrogen) atoms. The standard InChI is InChI=1S/B5O8.K.10H2O/c6-1-7-2(6)11-5(10-1)12-3-8-4(9-3)13-5;;;;;;;;;;;/h;;10*1H2/q-1;+1;;;;;;;;;;. The molecule has 1 spiro atoms. The molecule has 24 heteroatoms. The van der Waals surface area contributed by atoms with E-state index in [1.54, 1.807) is 0 Å². The van der Waals surface area contributed by atoms with Crippen LogP contribution in [-0.4, -0.2) is 91.0 Å². The molecule has 0 saturated carbocycles. The van der Waals surface area contributed by atoms with E-state index in [1.165, 1.54) is 0 Å². The molecule has 6 rings (SSSR count). The molecule has 0 aromatic heterocycles. The summed E-state index contributed by atoms with van der Waals surface area (Å²) in [7, 11) is -3.13. The van der Waals surface area contributed by atoms with E-state index in [4.69, 9.17) is 36.6 Å². The maximum absolute atomic E-state index is 5.07. The van der Waals surface area contributed by atoms with Crippen molar-refractivity contribution in [2.45, 2.75) is 0 Å². The zero-order chi connectivity index (χ0) is 8.47. The molecule has 20 N–H and O–H groups in total. The number of hydrogen-bond acceptors (Lipinski definition) is 8. The molecule has 0 aromatic carbocycles. The van der Waals surface area contributed by atoms with Gasteiger partial charge in [-0.1, -0.05) is 0 Å². The maximum atomic E-state index is 5.07. The Hall–Kier alpha value is 1.24. The van der Waals surface area contributed by atoms with E-state index in [0.717, 1.165) is 0 Å².